The zero-order valence-corrected chi connectivity index (χ0v) is 13.5. The Morgan fingerprint density at radius 1 is 1.24 bits per heavy atom. The van der Waals surface area contributed by atoms with Gasteiger partial charge in [-0.1, -0.05) is 18.2 Å². The van der Waals surface area contributed by atoms with Gasteiger partial charge in [-0.3, -0.25) is 15.6 Å². The van der Waals surface area contributed by atoms with Gasteiger partial charge in [0.1, 0.15) is 5.75 Å². The molecule has 0 atom stereocenters. The molecule has 3 N–H and O–H groups in total. The van der Waals surface area contributed by atoms with E-state index in [1.807, 2.05) is 45.0 Å². The van der Waals surface area contributed by atoms with E-state index in [0.717, 1.165) is 5.56 Å². The van der Waals surface area contributed by atoms with Crippen LogP contribution >= 0.6 is 12.2 Å². The lowest BCUT2D eigenvalue weighted by Gasteiger charge is -2.22. The lowest BCUT2D eigenvalue weighted by Crippen LogP contribution is -2.51. The molecule has 114 valence electrons. The van der Waals surface area contributed by atoms with E-state index < -0.39 is 0 Å². The van der Waals surface area contributed by atoms with E-state index in [2.05, 4.69) is 16.2 Å². The molecule has 0 unspecified atom stereocenters. The minimum Gasteiger partial charge on any atom is -0.496 e. The van der Waals surface area contributed by atoms with Gasteiger partial charge in [-0.05, 0) is 45.1 Å². The number of hydrogen-bond donors (Lipinski definition) is 3. The van der Waals surface area contributed by atoms with Crippen LogP contribution in [0.15, 0.2) is 30.3 Å². The number of amides is 1. The normalized spacial score (nSPS) is 11.0. The van der Waals surface area contributed by atoms with Gasteiger partial charge in [-0.2, -0.15) is 0 Å². The largest absolute Gasteiger partial charge is 0.496 e. The number of benzene rings is 1. The molecule has 0 heterocycles. The highest BCUT2D eigenvalue weighted by atomic mass is 32.1. The Bertz CT molecular complexity index is 536. The summed E-state index contributed by atoms with van der Waals surface area (Å²) in [6.45, 7) is 5.93. The molecule has 0 bridgehead atoms. The number of hydrogen-bond acceptors (Lipinski definition) is 3. The molecule has 21 heavy (non-hydrogen) atoms. The fourth-order valence-electron chi connectivity index (χ4n) is 1.50. The maximum atomic E-state index is 11.7. The zero-order chi connectivity index (χ0) is 15.9. The summed E-state index contributed by atoms with van der Waals surface area (Å²) in [5, 5.41) is 3.39. The second-order valence-corrected chi connectivity index (χ2v) is 5.80. The van der Waals surface area contributed by atoms with Gasteiger partial charge < -0.3 is 10.1 Å². The third-order valence-electron chi connectivity index (χ3n) is 2.34. The highest BCUT2D eigenvalue weighted by Gasteiger charge is 2.10. The van der Waals surface area contributed by atoms with Crippen LogP contribution in [-0.2, 0) is 4.79 Å². The second-order valence-electron chi connectivity index (χ2n) is 5.39. The van der Waals surface area contributed by atoms with Crippen LogP contribution in [0.1, 0.15) is 26.3 Å². The number of rotatable bonds is 3. The van der Waals surface area contributed by atoms with Gasteiger partial charge >= 0.3 is 0 Å². The van der Waals surface area contributed by atoms with Crippen molar-refractivity contribution in [1.82, 2.24) is 16.2 Å². The van der Waals surface area contributed by atoms with Crippen LogP contribution < -0.4 is 20.9 Å². The van der Waals surface area contributed by atoms with Crippen LogP contribution in [0.25, 0.3) is 6.08 Å². The molecule has 0 spiro atoms. The Kier molecular flexibility index (Phi) is 6.17. The first kappa shape index (κ1) is 17.0. The minimum atomic E-state index is -0.307. The molecule has 1 aromatic carbocycles. The molecule has 1 rings (SSSR count). The highest BCUT2D eigenvalue weighted by Crippen LogP contribution is 2.18. The van der Waals surface area contributed by atoms with E-state index in [-0.39, 0.29) is 11.4 Å². The molecule has 0 fully saturated rings. The van der Waals surface area contributed by atoms with Gasteiger partial charge in [0.2, 0.25) is 0 Å². The summed E-state index contributed by atoms with van der Waals surface area (Å²) >= 11 is 5.06. The Labute approximate surface area is 130 Å². The third kappa shape index (κ3) is 6.76. The molecular formula is C15H21N3O2S. The average Bonchev–Trinajstić information content (AvgIpc) is 2.41. The summed E-state index contributed by atoms with van der Waals surface area (Å²) in [5.41, 5.74) is 5.79. The topological polar surface area (TPSA) is 62.4 Å². The quantitative estimate of drug-likeness (QED) is 0.453. The average molecular weight is 307 g/mol. The summed E-state index contributed by atoms with van der Waals surface area (Å²) in [7, 11) is 1.59. The first-order chi connectivity index (χ1) is 9.81. The van der Waals surface area contributed by atoms with Crippen LogP contribution in [0.3, 0.4) is 0 Å². The summed E-state index contributed by atoms with van der Waals surface area (Å²) in [4.78, 5) is 11.7. The van der Waals surface area contributed by atoms with Gasteiger partial charge in [0, 0.05) is 17.2 Å². The summed E-state index contributed by atoms with van der Waals surface area (Å²) in [5.74, 6) is 0.401. The fourth-order valence-corrected chi connectivity index (χ4v) is 1.86. The number of para-hydroxylation sites is 1. The van der Waals surface area contributed by atoms with E-state index in [1.165, 1.54) is 6.08 Å². The first-order valence-corrected chi connectivity index (χ1v) is 6.92. The van der Waals surface area contributed by atoms with Crippen LogP contribution in [0.2, 0.25) is 0 Å². The van der Waals surface area contributed by atoms with Gasteiger partial charge in [0.25, 0.3) is 5.91 Å². The van der Waals surface area contributed by atoms with Crippen molar-refractivity contribution in [3.8, 4) is 5.75 Å². The van der Waals surface area contributed by atoms with Gasteiger partial charge in [0.05, 0.1) is 7.11 Å². The molecule has 0 aliphatic rings. The van der Waals surface area contributed by atoms with Gasteiger partial charge in [-0.15, -0.1) is 0 Å². The van der Waals surface area contributed by atoms with Crippen molar-refractivity contribution in [3.05, 3.63) is 35.9 Å². The van der Waals surface area contributed by atoms with Crippen LogP contribution in [0.4, 0.5) is 0 Å². The van der Waals surface area contributed by atoms with Gasteiger partial charge in [-0.25, -0.2) is 0 Å². The van der Waals surface area contributed by atoms with Crippen LogP contribution in [0.5, 0.6) is 5.75 Å². The number of carbonyl (C=O) groups is 1. The maximum absolute atomic E-state index is 11.7. The minimum absolute atomic E-state index is 0.165. The Balaban J connectivity index is 2.50. The lowest BCUT2D eigenvalue weighted by atomic mass is 10.1. The molecule has 0 saturated heterocycles. The molecule has 6 heteroatoms. The third-order valence-corrected chi connectivity index (χ3v) is 2.55. The predicted molar refractivity (Wildman–Crippen MR) is 88.8 cm³/mol. The summed E-state index contributed by atoms with van der Waals surface area (Å²) < 4.78 is 5.20. The number of carbonyl (C=O) groups excluding carboxylic acids is 1. The second kappa shape index (κ2) is 7.64. The van der Waals surface area contributed by atoms with Crippen molar-refractivity contribution in [2.75, 3.05) is 7.11 Å². The van der Waals surface area contributed by atoms with E-state index in [0.29, 0.717) is 10.9 Å². The standard InChI is InChI=1S/C15H21N3O2S/c1-15(2,3)16-14(21)18-17-13(19)10-9-11-7-5-6-8-12(11)20-4/h5-10H,1-4H3,(H,17,19)(H2,16,18,21)/b10-9+. The fraction of sp³-hybridized carbons (Fsp3) is 0.333. The zero-order valence-electron chi connectivity index (χ0n) is 12.7. The molecule has 0 aliphatic carbocycles. The number of nitrogens with one attached hydrogen (secondary N) is 3. The molecule has 5 nitrogen and oxygen atoms in total. The van der Waals surface area contributed by atoms with Crippen molar-refractivity contribution in [3.63, 3.8) is 0 Å². The molecule has 0 aliphatic heterocycles. The smallest absolute Gasteiger partial charge is 0.262 e. The van der Waals surface area contributed by atoms with Crippen molar-refractivity contribution in [2.24, 2.45) is 0 Å². The number of ether oxygens (including phenoxy) is 1. The van der Waals surface area contributed by atoms with E-state index >= 15 is 0 Å². The van der Waals surface area contributed by atoms with Crippen molar-refractivity contribution >= 4 is 29.3 Å². The number of hydrazine groups is 1. The lowest BCUT2D eigenvalue weighted by molar-refractivity contribution is -0.117. The van der Waals surface area contributed by atoms with E-state index in [4.69, 9.17) is 17.0 Å². The van der Waals surface area contributed by atoms with Crippen molar-refractivity contribution < 1.29 is 9.53 Å². The highest BCUT2D eigenvalue weighted by molar-refractivity contribution is 7.80. The molecule has 0 saturated carbocycles. The van der Waals surface area contributed by atoms with Crippen molar-refractivity contribution in [2.45, 2.75) is 26.3 Å². The van der Waals surface area contributed by atoms with Crippen LogP contribution in [-0.4, -0.2) is 23.7 Å². The maximum Gasteiger partial charge on any atom is 0.262 e. The van der Waals surface area contributed by atoms with E-state index in [9.17, 15) is 4.79 Å². The Morgan fingerprint density at radius 2 is 1.90 bits per heavy atom. The van der Waals surface area contributed by atoms with E-state index in [1.54, 1.807) is 13.2 Å². The SMILES string of the molecule is COc1ccccc1/C=C/C(=O)NNC(=S)NC(C)(C)C. The number of thiocarbonyl (C=S) groups is 1. The Morgan fingerprint density at radius 3 is 2.52 bits per heavy atom. The monoisotopic (exact) mass is 307 g/mol. The Hall–Kier alpha value is -2.08. The van der Waals surface area contributed by atoms with Crippen molar-refractivity contribution in [1.29, 1.82) is 0 Å². The first-order valence-electron chi connectivity index (χ1n) is 6.51. The summed E-state index contributed by atoms with van der Waals surface area (Å²) in [6, 6.07) is 7.44. The predicted octanol–water partition coefficient (Wildman–Crippen LogP) is 2.00. The molecule has 1 aromatic rings. The van der Waals surface area contributed by atoms with Gasteiger partial charge in [0.15, 0.2) is 5.11 Å². The summed E-state index contributed by atoms with van der Waals surface area (Å²) in [6.07, 6.45) is 3.08. The molecule has 0 radical (unpaired) electrons. The number of methoxy groups -OCH3 is 1. The van der Waals surface area contributed by atoms with Crippen LogP contribution in [0, 0.1) is 0 Å². The molecule has 0 aromatic heterocycles. The molecular weight excluding hydrogens is 286 g/mol. The molecule has 1 amide bonds.